The molecule has 5 rings (SSSR count). The van der Waals surface area contributed by atoms with E-state index in [0.717, 1.165) is 42.0 Å². The van der Waals surface area contributed by atoms with Gasteiger partial charge in [0.25, 0.3) is 0 Å². The summed E-state index contributed by atoms with van der Waals surface area (Å²) in [4.78, 5) is 0. The molecule has 2 nitrogen and oxygen atoms in total. The number of hydrogen-bond donors (Lipinski definition) is 1. The fraction of sp³-hybridized carbons (Fsp3) is 0.700. The first-order valence-electron chi connectivity index (χ1n) is 9.11. The number of ether oxygens (including phenoxy) is 1. The molecule has 0 heterocycles. The highest BCUT2D eigenvalue weighted by Gasteiger charge is 2.50. The zero-order chi connectivity index (χ0) is 15.3. The lowest BCUT2D eigenvalue weighted by Gasteiger charge is -2.52. The van der Waals surface area contributed by atoms with Gasteiger partial charge in [0.05, 0.1) is 13.2 Å². The van der Waals surface area contributed by atoms with Gasteiger partial charge >= 0.3 is 0 Å². The summed E-state index contributed by atoms with van der Waals surface area (Å²) < 4.78 is 5.44. The Bertz CT molecular complexity index is 537. The minimum absolute atomic E-state index is 0.898. The van der Waals surface area contributed by atoms with E-state index in [0.29, 0.717) is 0 Å². The van der Waals surface area contributed by atoms with Gasteiger partial charge < -0.3 is 10.1 Å². The van der Waals surface area contributed by atoms with E-state index in [1.165, 1.54) is 42.4 Å². The molecular formula is C20H30NO+. The number of quaternary nitrogens is 1. The third-order valence-corrected chi connectivity index (χ3v) is 6.76. The minimum Gasteiger partial charge on any atom is -0.496 e. The van der Waals surface area contributed by atoms with E-state index in [4.69, 9.17) is 4.74 Å². The highest BCUT2D eigenvalue weighted by molar-refractivity contribution is 5.41. The summed E-state index contributed by atoms with van der Waals surface area (Å²) >= 11 is 0. The maximum atomic E-state index is 5.44. The quantitative estimate of drug-likeness (QED) is 0.908. The maximum Gasteiger partial charge on any atom is 0.122 e. The van der Waals surface area contributed by atoms with Crippen LogP contribution in [-0.4, -0.2) is 13.2 Å². The van der Waals surface area contributed by atoms with Crippen molar-refractivity contribution < 1.29 is 10.1 Å². The van der Waals surface area contributed by atoms with Gasteiger partial charge in [-0.1, -0.05) is 0 Å². The predicted molar refractivity (Wildman–Crippen MR) is 88.9 cm³/mol. The van der Waals surface area contributed by atoms with E-state index in [2.05, 4.69) is 31.3 Å². The minimum atomic E-state index is 0.898. The van der Waals surface area contributed by atoms with Crippen LogP contribution >= 0.6 is 0 Å². The molecule has 4 aliphatic rings. The van der Waals surface area contributed by atoms with Crippen molar-refractivity contribution in [2.24, 2.45) is 23.7 Å². The Labute approximate surface area is 134 Å². The van der Waals surface area contributed by atoms with E-state index < -0.39 is 0 Å². The van der Waals surface area contributed by atoms with Crippen LogP contribution in [0.1, 0.15) is 48.8 Å². The summed E-state index contributed by atoms with van der Waals surface area (Å²) in [5.74, 6) is 5.21. The van der Waals surface area contributed by atoms with Gasteiger partial charge in [0.15, 0.2) is 0 Å². The zero-order valence-corrected chi connectivity index (χ0v) is 14.3. The molecule has 0 aromatic heterocycles. The first kappa shape index (κ1) is 14.6. The average molecular weight is 300 g/mol. The van der Waals surface area contributed by atoms with Crippen molar-refractivity contribution in [1.29, 1.82) is 0 Å². The van der Waals surface area contributed by atoms with Gasteiger partial charge in [-0.3, -0.25) is 0 Å². The molecule has 1 aromatic carbocycles. The highest BCUT2D eigenvalue weighted by Crippen LogP contribution is 2.52. The third kappa shape index (κ3) is 2.46. The SMILES string of the molecule is COc1cc(C)c(C[NH2+]C2C3CC4CC(C3)CC2C4)cc1C. The van der Waals surface area contributed by atoms with Crippen molar-refractivity contribution in [3.8, 4) is 5.75 Å². The molecule has 0 atom stereocenters. The number of rotatable bonds is 4. The second kappa shape index (κ2) is 5.56. The van der Waals surface area contributed by atoms with Crippen LogP contribution in [0, 0.1) is 37.5 Å². The second-order valence-corrected chi connectivity index (χ2v) is 8.20. The van der Waals surface area contributed by atoms with Gasteiger partial charge in [-0.2, -0.15) is 0 Å². The molecule has 0 saturated heterocycles. The molecule has 2 heteroatoms. The molecule has 4 saturated carbocycles. The monoisotopic (exact) mass is 300 g/mol. The van der Waals surface area contributed by atoms with Crippen molar-refractivity contribution in [2.75, 3.05) is 7.11 Å². The van der Waals surface area contributed by atoms with Crippen molar-refractivity contribution in [2.45, 2.75) is 58.5 Å². The van der Waals surface area contributed by atoms with Crippen molar-refractivity contribution in [3.05, 3.63) is 28.8 Å². The molecule has 4 aliphatic carbocycles. The van der Waals surface area contributed by atoms with Crippen molar-refractivity contribution in [3.63, 3.8) is 0 Å². The Morgan fingerprint density at radius 1 is 0.955 bits per heavy atom. The lowest BCUT2D eigenvalue weighted by molar-refractivity contribution is -0.723. The van der Waals surface area contributed by atoms with Gasteiger partial charge in [0, 0.05) is 17.4 Å². The van der Waals surface area contributed by atoms with Gasteiger partial charge in [0.2, 0.25) is 0 Å². The number of benzene rings is 1. The summed E-state index contributed by atoms with van der Waals surface area (Å²) in [6.45, 7) is 5.52. The van der Waals surface area contributed by atoms with E-state index in [-0.39, 0.29) is 0 Å². The third-order valence-electron chi connectivity index (χ3n) is 6.76. The summed E-state index contributed by atoms with van der Waals surface area (Å²) in [5.41, 5.74) is 4.14. The highest BCUT2D eigenvalue weighted by atomic mass is 16.5. The van der Waals surface area contributed by atoms with E-state index in [9.17, 15) is 0 Å². The van der Waals surface area contributed by atoms with Crippen molar-refractivity contribution >= 4 is 0 Å². The predicted octanol–water partition coefficient (Wildman–Crippen LogP) is 3.20. The smallest absolute Gasteiger partial charge is 0.122 e. The normalized spacial score (nSPS) is 35.9. The topological polar surface area (TPSA) is 25.8 Å². The first-order valence-corrected chi connectivity index (χ1v) is 9.11. The van der Waals surface area contributed by atoms with Crippen LogP contribution in [0.5, 0.6) is 5.75 Å². The molecule has 22 heavy (non-hydrogen) atoms. The number of methoxy groups -OCH3 is 1. The Kier molecular flexibility index (Phi) is 3.68. The summed E-state index contributed by atoms with van der Waals surface area (Å²) in [6.07, 6.45) is 7.64. The first-order chi connectivity index (χ1) is 10.6. The molecular weight excluding hydrogens is 270 g/mol. The van der Waals surface area contributed by atoms with Crippen LogP contribution in [0.3, 0.4) is 0 Å². The van der Waals surface area contributed by atoms with Gasteiger partial charge in [-0.15, -0.1) is 0 Å². The Balaban J connectivity index is 1.46. The van der Waals surface area contributed by atoms with Crippen LogP contribution in [0.15, 0.2) is 12.1 Å². The molecule has 0 amide bonds. The number of hydrogen-bond acceptors (Lipinski definition) is 1. The lowest BCUT2D eigenvalue weighted by Crippen LogP contribution is -2.93. The van der Waals surface area contributed by atoms with Crippen LogP contribution in [-0.2, 0) is 6.54 Å². The fourth-order valence-electron chi connectivity index (χ4n) is 5.90. The summed E-state index contributed by atoms with van der Waals surface area (Å²) in [5, 5.41) is 2.68. The Morgan fingerprint density at radius 3 is 2.18 bits per heavy atom. The molecule has 0 unspecified atom stereocenters. The van der Waals surface area contributed by atoms with Crippen molar-refractivity contribution in [1.82, 2.24) is 0 Å². The fourth-order valence-corrected chi connectivity index (χ4v) is 5.90. The van der Waals surface area contributed by atoms with Crippen LogP contribution in [0.2, 0.25) is 0 Å². The Hall–Kier alpha value is -1.02. The number of aryl methyl sites for hydroxylation is 2. The summed E-state index contributed by atoms with van der Waals surface area (Å²) in [7, 11) is 1.77. The van der Waals surface area contributed by atoms with E-state index in [1.54, 1.807) is 13.5 Å². The molecule has 4 bridgehead atoms. The standard InChI is InChI=1S/C20H29NO/c1-12-5-19(22-3)13(2)4-18(12)11-21-20-16-7-14-6-15(9-16)10-17(20)8-14/h4-5,14-17,20-21H,6-11H2,1-3H3/p+1. The van der Waals surface area contributed by atoms with Gasteiger partial charge in [-0.25, -0.2) is 0 Å². The number of nitrogens with two attached hydrogens (primary N) is 1. The van der Waals surface area contributed by atoms with Gasteiger partial charge in [-0.05, 0) is 81.0 Å². The molecule has 4 fully saturated rings. The molecule has 0 spiro atoms. The maximum absolute atomic E-state index is 5.44. The van der Waals surface area contributed by atoms with E-state index in [1.807, 2.05) is 0 Å². The lowest BCUT2D eigenvalue weighted by atomic mass is 9.54. The molecule has 1 aromatic rings. The molecule has 0 aliphatic heterocycles. The van der Waals surface area contributed by atoms with Crippen LogP contribution < -0.4 is 10.1 Å². The molecule has 2 N–H and O–H groups in total. The summed E-state index contributed by atoms with van der Waals surface area (Å²) in [6, 6.07) is 5.44. The van der Waals surface area contributed by atoms with Gasteiger partial charge in [0.1, 0.15) is 12.3 Å². The molecule has 0 radical (unpaired) electrons. The second-order valence-electron chi connectivity index (χ2n) is 8.20. The van der Waals surface area contributed by atoms with E-state index >= 15 is 0 Å². The van der Waals surface area contributed by atoms with Crippen LogP contribution in [0.25, 0.3) is 0 Å². The Morgan fingerprint density at radius 2 is 1.59 bits per heavy atom. The molecule has 120 valence electrons. The zero-order valence-electron chi connectivity index (χ0n) is 14.3. The average Bonchev–Trinajstić information content (AvgIpc) is 2.48. The van der Waals surface area contributed by atoms with Crippen LogP contribution in [0.4, 0.5) is 0 Å². The largest absolute Gasteiger partial charge is 0.496 e.